The first-order chi connectivity index (χ1) is 6.33. The predicted molar refractivity (Wildman–Crippen MR) is 55.6 cm³/mol. The molecular weight excluding hydrogens is 233 g/mol. The van der Waals surface area contributed by atoms with Crippen LogP contribution in [0.4, 0.5) is 4.39 Å². The van der Waals surface area contributed by atoms with E-state index in [1.807, 2.05) is 35.0 Å². The van der Waals surface area contributed by atoms with E-state index in [0.717, 1.165) is 15.4 Å². The summed E-state index contributed by atoms with van der Waals surface area (Å²) in [4.78, 5) is 0. The van der Waals surface area contributed by atoms with Gasteiger partial charge in [-0.25, -0.2) is 4.39 Å². The molecule has 0 aliphatic rings. The summed E-state index contributed by atoms with van der Waals surface area (Å²) in [6.45, 7) is 0.107. The third-order valence-electron chi connectivity index (χ3n) is 2.09. The lowest BCUT2D eigenvalue weighted by molar-refractivity contribution is 0.451. The van der Waals surface area contributed by atoms with E-state index in [-0.39, 0.29) is 6.67 Å². The fraction of sp³-hybridized carbons (Fsp3) is 0.200. The van der Waals surface area contributed by atoms with E-state index in [0.29, 0.717) is 6.54 Å². The Morgan fingerprint density at radius 1 is 1.31 bits per heavy atom. The summed E-state index contributed by atoms with van der Waals surface area (Å²) in [6.07, 6.45) is 1.91. The maximum Gasteiger partial charge on any atom is 0.107 e. The van der Waals surface area contributed by atoms with Gasteiger partial charge in [0.15, 0.2) is 0 Å². The van der Waals surface area contributed by atoms with E-state index < -0.39 is 0 Å². The molecule has 3 heteroatoms. The molecule has 0 bridgehead atoms. The Labute approximate surface area is 84.3 Å². The zero-order chi connectivity index (χ0) is 9.26. The monoisotopic (exact) mass is 241 g/mol. The van der Waals surface area contributed by atoms with Crippen molar-refractivity contribution < 1.29 is 4.39 Å². The summed E-state index contributed by atoms with van der Waals surface area (Å²) < 4.78 is 15.1. The van der Waals surface area contributed by atoms with Crippen molar-refractivity contribution in [3.8, 4) is 0 Å². The van der Waals surface area contributed by atoms with Crippen molar-refractivity contribution in [1.82, 2.24) is 4.57 Å². The number of fused-ring (bicyclic) bond motifs is 1. The van der Waals surface area contributed by atoms with Gasteiger partial charge in [-0.05, 0) is 18.2 Å². The molecule has 0 spiro atoms. The van der Waals surface area contributed by atoms with Gasteiger partial charge in [-0.2, -0.15) is 0 Å². The summed E-state index contributed by atoms with van der Waals surface area (Å²) in [5.74, 6) is 0. The maximum atomic E-state index is 12.2. The molecule has 0 saturated carbocycles. The summed E-state index contributed by atoms with van der Waals surface area (Å²) >= 11 is 3.45. The van der Waals surface area contributed by atoms with Crippen LogP contribution in [0.2, 0.25) is 0 Å². The zero-order valence-corrected chi connectivity index (χ0v) is 8.59. The number of rotatable bonds is 2. The van der Waals surface area contributed by atoms with Gasteiger partial charge < -0.3 is 4.57 Å². The highest BCUT2D eigenvalue weighted by Gasteiger charge is 2.02. The van der Waals surface area contributed by atoms with Crippen LogP contribution in [-0.4, -0.2) is 11.2 Å². The lowest BCUT2D eigenvalue weighted by atomic mass is 10.2. The molecule has 0 aliphatic carbocycles. The summed E-state index contributed by atoms with van der Waals surface area (Å²) in [6, 6.07) is 7.94. The molecule has 0 fully saturated rings. The van der Waals surface area contributed by atoms with Crippen LogP contribution in [0.1, 0.15) is 0 Å². The van der Waals surface area contributed by atoms with Gasteiger partial charge in [-0.3, -0.25) is 0 Å². The molecule has 1 nitrogen and oxygen atoms in total. The van der Waals surface area contributed by atoms with Crippen molar-refractivity contribution in [2.24, 2.45) is 0 Å². The number of hydrogen-bond acceptors (Lipinski definition) is 0. The number of hydrogen-bond donors (Lipinski definition) is 0. The van der Waals surface area contributed by atoms with Crippen molar-refractivity contribution in [3.05, 3.63) is 34.9 Å². The van der Waals surface area contributed by atoms with Gasteiger partial charge in [0.2, 0.25) is 0 Å². The highest BCUT2D eigenvalue weighted by molar-refractivity contribution is 9.10. The molecule has 0 N–H and O–H groups in total. The van der Waals surface area contributed by atoms with Crippen LogP contribution in [0.3, 0.4) is 0 Å². The lowest BCUT2D eigenvalue weighted by Gasteiger charge is -2.01. The van der Waals surface area contributed by atoms with Crippen molar-refractivity contribution in [3.63, 3.8) is 0 Å². The molecule has 1 aromatic heterocycles. The minimum Gasteiger partial charge on any atom is -0.345 e. The minimum absolute atomic E-state index is 0.323. The number of aromatic nitrogens is 1. The SMILES string of the molecule is FCCn1ccc2c(Br)cccc21. The average molecular weight is 242 g/mol. The van der Waals surface area contributed by atoms with Crippen LogP contribution in [0.25, 0.3) is 10.9 Å². The lowest BCUT2D eigenvalue weighted by Crippen LogP contribution is -1.96. The second-order valence-electron chi connectivity index (χ2n) is 2.87. The fourth-order valence-corrected chi connectivity index (χ4v) is 1.96. The molecule has 0 saturated heterocycles. The number of halogens is 2. The number of aryl methyl sites for hydroxylation is 1. The number of nitrogens with zero attached hydrogens (tertiary/aromatic N) is 1. The largest absolute Gasteiger partial charge is 0.345 e. The average Bonchev–Trinajstić information content (AvgIpc) is 2.51. The predicted octanol–water partition coefficient (Wildman–Crippen LogP) is 3.37. The van der Waals surface area contributed by atoms with E-state index in [9.17, 15) is 4.39 Å². The van der Waals surface area contributed by atoms with Crippen LogP contribution in [0.15, 0.2) is 34.9 Å². The second kappa shape index (κ2) is 3.50. The van der Waals surface area contributed by atoms with Crippen LogP contribution in [0.5, 0.6) is 0 Å². The Morgan fingerprint density at radius 3 is 2.92 bits per heavy atom. The first-order valence-corrected chi connectivity index (χ1v) is 4.91. The van der Waals surface area contributed by atoms with Gasteiger partial charge in [0.1, 0.15) is 6.67 Å². The summed E-state index contributed by atoms with van der Waals surface area (Å²) in [7, 11) is 0. The number of benzene rings is 1. The Kier molecular flexibility index (Phi) is 2.36. The van der Waals surface area contributed by atoms with Gasteiger partial charge >= 0.3 is 0 Å². The van der Waals surface area contributed by atoms with Gasteiger partial charge in [0, 0.05) is 21.6 Å². The number of alkyl halides is 1. The third-order valence-corrected chi connectivity index (χ3v) is 2.78. The minimum atomic E-state index is -0.323. The Hall–Kier alpha value is -0.830. The highest BCUT2D eigenvalue weighted by Crippen LogP contribution is 2.24. The molecule has 0 aliphatic heterocycles. The summed E-state index contributed by atoms with van der Waals surface area (Å²) in [5.41, 5.74) is 1.08. The zero-order valence-electron chi connectivity index (χ0n) is 7.00. The van der Waals surface area contributed by atoms with E-state index >= 15 is 0 Å². The Bertz CT molecular complexity index is 422. The van der Waals surface area contributed by atoms with Gasteiger partial charge in [-0.15, -0.1) is 0 Å². The molecule has 2 aromatic rings. The summed E-state index contributed by atoms with van der Waals surface area (Å²) in [5, 5.41) is 1.14. The quantitative estimate of drug-likeness (QED) is 0.760. The maximum absolute atomic E-state index is 12.2. The smallest absolute Gasteiger partial charge is 0.107 e. The second-order valence-corrected chi connectivity index (χ2v) is 3.73. The molecule has 2 rings (SSSR count). The topological polar surface area (TPSA) is 4.93 Å². The van der Waals surface area contributed by atoms with Crippen molar-refractivity contribution in [1.29, 1.82) is 0 Å². The molecule has 1 heterocycles. The van der Waals surface area contributed by atoms with Crippen LogP contribution < -0.4 is 0 Å². The van der Waals surface area contributed by atoms with Crippen molar-refractivity contribution >= 4 is 26.8 Å². The van der Waals surface area contributed by atoms with Crippen molar-refractivity contribution in [2.45, 2.75) is 6.54 Å². The third kappa shape index (κ3) is 1.48. The van der Waals surface area contributed by atoms with Gasteiger partial charge in [0.25, 0.3) is 0 Å². The van der Waals surface area contributed by atoms with E-state index in [2.05, 4.69) is 15.9 Å². The molecular formula is C10H9BrFN. The van der Waals surface area contributed by atoms with Gasteiger partial charge in [0.05, 0.1) is 6.54 Å². The van der Waals surface area contributed by atoms with E-state index in [1.165, 1.54) is 0 Å². The first-order valence-electron chi connectivity index (χ1n) is 4.12. The molecule has 68 valence electrons. The van der Waals surface area contributed by atoms with E-state index in [4.69, 9.17) is 0 Å². The molecule has 0 radical (unpaired) electrons. The Balaban J connectivity index is 2.61. The first kappa shape index (κ1) is 8.75. The molecule has 0 atom stereocenters. The van der Waals surface area contributed by atoms with Crippen molar-refractivity contribution in [2.75, 3.05) is 6.67 Å². The Morgan fingerprint density at radius 2 is 2.15 bits per heavy atom. The van der Waals surface area contributed by atoms with Gasteiger partial charge in [-0.1, -0.05) is 22.0 Å². The standard InChI is InChI=1S/C10H9BrFN/c11-9-2-1-3-10-8(9)4-6-13(10)7-5-12/h1-4,6H,5,7H2. The van der Waals surface area contributed by atoms with Crippen LogP contribution in [-0.2, 0) is 6.54 Å². The highest BCUT2D eigenvalue weighted by atomic mass is 79.9. The van der Waals surface area contributed by atoms with Crippen LogP contribution in [0, 0.1) is 0 Å². The normalized spacial score (nSPS) is 10.9. The molecule has 1 aromatic carbocycles. The fourth-order valence-electron chi connectivity index (χ4n) is 1.47. The van der Waals surface area contributed by atoms with Crippen LogP contribution >= 0.6 is 15.9 Å². The van der Waals surface area contributed by atoms with E-state index in [1.54, 1.807) is 0 Å². The molecule has 0 amide bonds. The molecule has 13 heavy (non-hydrogen) atoms. The molecule has 0 unspecified atom stereocenters.